The van der Waals surface area contributed by atoms with E-state index in [4.69, 9.17) is 0 Å². The molecule has 0 heterocycles. The maximum absolute atomic E-state index is 11.5. The molecule has 1 atom stereocenters. The van der Waals surface area contributed by atoms with Gasteiger partial charge in [-0.25, -0.2) is 0 Å². The molecule has 0 aliphatic heterocycles. The minimum Gasteiger partial charge on any atom is -0.481 e. The quantitative estimate of drug-likeness (QED) is 0.618. The standard InChI is InChI=1S/C15H12Br3NO2/c16-10-6-12(17)14(13(18)7-10)19-8-11(15(20)21)9-4-2-1-3-5-9/h1-7,11,19H,8H2,(H,20,21). The molecule has 0 radical (unpaired) electrons. The minimum absolute atomic E-state index is 0.304. The van der Waals surface area contributed by atoms with Gasteiger partial charge in [0.25, 0.3) is 0 Å². The fourth-order valence-corrected chi connectivity index (χ4v) is 4.49. The van der Waals surface area contributed by atoms with Crippen molar-refractivity contribution in [2.75, 3.05) is 11.9 Å². The molecule has 0 spiro atoms. The highest BCUT2D eigenvalue weighted by Gasteiger charge is 2.20. The smallest absolute Gasteiger partial charge is 0.312 e. The largest absolute Gasteiger partial charge is 0.481 e. The van der Waals surface area contributed by atoms with Crippen molar-refractivity contribution < 1.29 is 9.90 Å². The fourth-order valence-electron chi connectivity index (χ4n) is 1.95. The number of hydrogen-bond donors (Lipinski definition) is 2. The van der Waals surface area contributed by atoms with Crippen LogP contribution < -0.4 is 5.32 Å². The molecule has 1 unspecified atom stereocenters. The van der Waals surface area contributed by atoms with E-state index in [1.807, 2.05) is 42.5 Å². The minimum atomic E-state index is -0.849. The summed E-state index contributed by atoms with van der Waals surface area (Å²) in [6.07, 6.45) is 0. The summed E-state index contributed by atoms with van der Waals surface area (Å²) < 4.78 is 2.66. The molecule has 2 aromatic rings. The molecule has 0 fully saturated rings. The van der Waals surface area contributed by atoms with E-state index in [9.17, 15) is 9.90 Å². The second-order valence-corrected chi connectivity index (χ2v) is 7.05. The summed E-state index contributed by atoms with van der Waals surface area (Å²) in [6.45, 7) is 0.304. The van der Waals surface area contributed by atoms with E-state index < -0.39 is 11.9 Å². The van der Waals surface area contributed by atoms with E-state index >= 15 is 0 Å². The van der Waals surface area contributed by atoms with E-state index in [0.29, 0.717) is 6.54 Å². The van der Waals surface area contributed by atoms with Crippen molar-refractivity contribution in [3.63, 3.8) is 0 Å². The molecule has 110 valence electrons. The second kappa shape index (κ2) is 7.42. The van der Waals surface area contributed by atoms with Gasteiger partial charge in [-0.1, -0.05) is 46.3 Å². The van der Waals surface area contributed by atoms with Crippen LogP contribution in [0.5, 0.6) is 0 Å². The van der Waals surface area contributed by atoms with Crippen LogP contribution in [0.25, 0.3) is 0 Å². The molecule has 0 bridgehead atoms. The Labute approximate surface area is 148 Å². The Morgan fingerprint density at radius 2 is 1.67 bits per heavy atom. The molecule has 0 saturated heterocycles. The van der Waals surface area contributed by atoms with Crippen LogP contribution in [0.1, 0.15) is 11.5 Å². The molecule has 0 aromatic heterocycles. The van der Waals surface area contributed by atoms with Crippen LogP contribution in [-0.4, -0.2) is 17.6 Å². The van der Waals surface area contributed by atoms with Crippen molar-refractivity contribution in [3.05, 3.63) is 61.4 Å². The van der Waals surface area contributed by atoms with Crippen molar-refractivity contribution in [2.24, 2.45) is 0 Å². The maximum atomic E-state index is 11.5. The lowest BCUT2D eigenvalue weighted by Crippen LogP contribution is -2.21. The zero-order valence-corrected chi connectivity index (χ0v) is 15.6. The van der Waals surface area contributed by atoms with Gasteiger partial charge in [-0.05, 0) is 49.6 Å². The molecule has 6 heteroatoms. The number of anilines is 1. The van der Waals surface area contributed by atoms with Crippen molar-refractivity contribution >= 4 is 59.4 Å². The molecule has 2 aromatic carbocycles. The van der Waals surface area contributed by atoms with Gasteiger partial charge in [0.1, 0.15) is 0 Å². The van der Waals surface area contributed by atoms with Gasteiger partial charge in [0.05, 0.1) is 11.6 Å². The fraction of sp³-hybridized carbons (Fsp3) is 0.133. The van der Waals surface area contributed by atoms with Gasteiger partial charge in [0.15, 0.2) is 0 Å². The average Bonchev–Trinajstić information content (AvgIpc) is 2.42. The van der Waals surface area contributed by atoms with Crippen LogP contribution in [0.3, 0.4) is 0 Å². The van der Waals surface area contributed by atoms with Gasteiger partial charge in [-0.15, -0.1) is 0 Å². The van der Waals surface area contributed by atoms with Gasteiger partial charge in [0.2, 0.25) is 0 Å². The number of benzene rings is 2. The summed E-state index contributed by atoms with van der Waals surface area (Å²) >= 11 is 10.3. The van der Waals surface area contributed by atoms with Crippen LogP contribution in [0.2, 0.25) is 0 Å². The highest BCUT2D eigenvalue weighted by atomic mass is 79.9. The van der Waals surface area contributed by atoms with Crippen molar-refractivity contribution in [3.8, 4) is 0 Å². The van der Waals surface area contributed by atoms with Crippen molar-refractivity contribution in [1.29, 1.82) is 0 Å². The lowest BCUT2D eigenvalue weighted by molar-refractivity contribution is -0.138. The third kappa shape index (κ3) is 4.31. The number of aliphatic carboxylic acids is 1. The lowest BCUT2D eigenvalue weighted by atomic mass is 9.99. The second-order valence-electron chi connectivity index (χ2n) is 4.43. The van der Waals surface area contributed by atoms with Gasteiger partial charge in [0, 0.05) is 20.0 Å². The summed E-state index contributed by atoms with van der Waals surface area (Å²) in [5, 5.41) is 12.6. The molecule has 0 saturated carbocycles. The van der Waals surface area contributed by atoms with Gasteiger partial charge < -0.3 is 10.4 Å². The van der Waals surface area contributed by atoms with E-state index in [-0.39, 0.29) is 0 Å². The van der Waals surface area contributed by atoms with E-state index in [0.717, 1.165) is 24.7 Å². The predicted molar refractivity (Wildman–Crippen MR) is 94.9 cm³/mol. The number of carboxylic acids is 1. The molecule has 2 N–H and O–H groups in total. The van der Waals surface area contributed by atoms with Crippen LogP contribution >= 0.6 is 47.8 Å². The number of hydrogen-bond acceptors (Lipinski definition) is 2. The first-order chi connectivity index (χ1) is 9.99. The van der Waals surface area contributed by atoms with Crippen LogP contribution in [-0.2, 0) is 4.79 Å². The third-order valence-corrected chi connectivity index (χ3v) is 4.70. The van der Waals surface area contributed by atoms with Crippen molar-refractivity contribution in [2.45, 2.75) is 5.92 Å². The highest BCUT2D eigenvalue weighted by molar-refractivity contribution is 9.11. The maximum Gasteiger partial charge on any atom is 0.312 e. The Balaban J connectivity index is 2.19. The summed E-state index contributed by atoms with van der Waals surface area (Å²) in [6, 6.07) is 13.0. The zero-order valence-electron chi connectivity index (χ0n) is 10.8. The molecular weight excluding hydrogens is 466 g/mol. The summed E-state index contributed by atoms with van der Waals surface area (Å²) in [5.74, 6) is -1.45. The Kier molecular flexibility index (Phi) is 5.84. The highest BCUT2D eigenvalue weighted by Crippen LogP contribution is 2.34. The Morgan fingerprint density at radius 1 is 1.10 bits per heavy atom. The lowest BCUT2D eigenvalue weighted by Gasteiger charge is -2.17. The summed E-state index contributed by atoms with van der Waals surface area (Å²) in [7, 11) is 0. The van der Waals surface area contributed by atoms with Crippen LogP contribution in [0, 0.1) is 0 Å². The molecule has 3 nitrogen and oxygen atoms in total. The Hall–Kier alpha value is -0.850. The average molecular weight is 478 g/mol. The summed E-state index contributed by atoms with van der Waals surface area (Å²) in [5.41, 5.74) is 1.61. The van der Waals surface area contributed by atoms with Gasteiger partial charge in [-0.3, -0.25) is 4.79 Å². The first kappa shape index (κ1) is 16.5. The monoisotopic (exact) mass is 475 g/mol. The number of halogens is 3. The Morgan fingerprint density at radius 3 is 2.19 bits per heavy atom. The van der Waals surface area contributed by atoms with Crippen molar-refractivity contribution in [1.82, 2.24) is 0 Å². The van der Waals surface area contributed by atoms with Crippen LogP contribution in [0.4, 0.5) is 5.69 Å². The Bertz CT molecular complexity index is 624. The zero-order chi connectivity index (χ0) is 15.4. The number of carbonyl (C=O) groups is 1. The number of rotatable bonds is 5. The number of nitrogens with one attached hydrogen (secondary N) is 1. The normalized spacial score (nSPS) is 12.0. The summed E-state index contributed by atoms with van der Waals surface area (Å²) in [4.78, 5) is 11.5. The van der Waals surface area contributed by atoms with E-state index in [1.165, 1.54) is 0 Å². The van der Waals surface area contributed by atoms with E-state index in [2.05, 4.69) is 53.1 Å². The van der Waals surface area contributed by atoms with Crippen LogP contribution in [0.15, 0.2) is 55.9 Å². The third-order valence-electron chi connectivity index (χ3n) is 2.99. The topological polar surface area (TPSA) is 49.3 Å². The van der Waals surface area contributed by atoms with Gasteiger partial charge in [-0.2, -0.15) is 0 Å². The molecule has 0 aliphatic carbocycles. The van der Waals surface area contributed by atoms with E-state index in [1.54, 1.807) is 0 Å². The molecule has 0 aliphatic rings. The molecule has 21 heavy (non-hydrogen) atoms. The SMILES string of the molecule is O=C(O)C(CNc1c(Br)cc(Br)cc1Br)c1ccccc1. The molecular formula is C15H12Br3NO2. The first-order valence-corrected chi connectivity index (χ1v) is 8.53. The number of carboxylic acid groups (broad SMARTS) is 1. The predicted octanol–water partition coefficient (Wildman–Crippen LogP) is 5.25. The molecule has 0 amide bonds. The molecule has 2 rings (SSSR count). The van der Waals surface area contributed by atoms with Gasteiger partial charge >= 0.3 is 5.97 Å². The first-order valence-electron chi connectivity index (χ1n) is 6.15.